The van der Waals surface area contributed by atoms with Crippen LogP contribution >= 0.6 is 12.6 Å². The van der Waals surface area contributed by atoms with Crippen molar-refractivity contribution in [1.82, 2.24) is 16.0 Å². The maximum atomic E-state index is 11.7. The van der Waals surface area contributed by atoms with Crippen LogP contribution in [0.1, 0.15) is 71.1 Å². The van der Waals surface area contributed by atoms with Crippen LogP contribution < -0.4 is 21.7 Å². The van der Waals surface area contributed by atoms with Crippen molar-refractivity contribution >= 4 is 42.0 Å². The molecule has 0 bridgehead atoms. The van der Waals surface area contributed by atoms with Crippen LogP contribution in [0.3, 0.4) is 0 Å². The van der Waals surface area contributed by atoms with Gasteiger partial charge in [0.25, 0.3) is 0 Å². The minimum atomic E-state index is -0.862. The Hall–Kier alpha value is -2.38. The van der Waals surface area contributed by atoms with E-state index in [0.29, 0.717) is 6.42 Å². The molecule has 4 amide bonds. The molecule has 32 heavy (non-hydrogen) atoms. The van der Waals surface area contributed by atoms with Gasteiger partial charge in [-0.3, -0.25) is 29.3 Å². The van der Waals surface area contributed by atoms with Crippen molar-refractivity contribution in [3.8, 4) is 11.8 Å². The Morgan fingerprint density at radius 3 is 2.00 bits per heavy atom. The van der Waals surface area contributed by atoms with Gasteiger partial charge < -0.3 is 16.4 Å². The first kappa shape index (κ1) is 29.6. The lowest BCUT2D eigenvalue weighted by atomic mass is 10.1. The number of hydrogen-bond donors (Lipinski definition) is 5. The highest BCUT2D eigenvalue weighted by molar-refractivity contribution is 7.80. The Kier molecular flexibility index (Phi) is 17.9. The molecule has 0 aliphatic carbocycles. The fourth-order valence-corrected chi connectivity index (χ4v) is 2.78. The van der Waals surface area contributed by atoms with E-state index in [9.17, 15) is 24.0 Å². The van der Waals surface area contributed by atoms with Gasteiger partial charge in [-0.2, -0.15) is 12.6 Å². The lowest BCUT2D eigenvalue weighted by Gasteiger charge is -2.09. The first-order valence-corrected chi connectivity index (χ1v) is 11.7. The molecule has 10 heteroatoms. The summed E-state index contributed by atoms with van der Waals surface area (Å²) >= 11 is 3.87. The molecule has 180 valence electrons. The summed E-state index contributed by atoms with van der Waals surface area (Å²) in [5, 5.41) is 6.66. The maximum absolute atomic E-state index is 11.7. The van der Waals surface area contributed by atoms with E-state index in [1.807, 2.05) is 5.92 Å². The molecule has 0 heterocycles. The van der Waals surface area contributed by atoms with Crippen molar-refractivity contribution in [2.75, 3.05) is 18.8 Å². The molecule has 0 fully saturated rings. The highest BCUT2D eigenvalue weighted by Gasteiger charge is 2.12. The second kappa shape index (κ2) is 19.3. The minimum Gasteiger partial charge on any atom is -0.346 e. The number of rotatable bonds is 16. The lowest BCUT2D eigenvalue weighted by molar-refractivity contribution is -0.128. The summed E-state index contributed by atoms with van der Waals surface area (Å²) in [5.74, 6) is 1.07. The third-order valence-corrected chi connectivity index (χ3v) is 4.87. The van der Waals surface area contributed by atoms with Crippen LogP contribution in [0.25, 0.3) is 0 Å². The molecule has 1 atom stereocenters. The van der Waals surface area contributed by atoms with Gasteiger partial charge in [-0.25, -0.2) is 0 Å². The van der Waals surface area contributed by atoms with E-state index in [4.69, 9.17) is 5.73 Å². The normalized spacial score (nSPS) is 11.0. The fourth-order valence-electron chi connectivity index (χ4n) is 2.61. The topological polar surface area (TPSA) is 147 Å². The summed E-state index contributed by atoms with van der Waals surface area (Å²) in [4.78, 5) is 57.9. The van der Waals surface area contributed by atoms with Crippen LogP contribution in [0.2, 0.25) is 0 Å². The molecule has 9 nitrogen and oxygen atoms in total. The number of hydrogen-bond acceptors (Lipinski definition) is 7. The molecule has 0 aromatic heterocycles. The summed E-state index contributed by atoms with van der Waals surface area (Å²) in [5.41, 5.74) is 5.44. The van der Waals surface area contributed by atoms with Gasteiger partial charge in [0.1, 0.15) is 0 Å². The second-order valence-corrected chi connectivity index (χ2v) is 7.78. The van der Waals surface area contributed by atoms with Crippen molar-refractivity contribution in [3.63, 3.8) is 0 Å². The molecular formula is C22H36N4O5S. The first-order valence-electron chi connectivity index (χ1n) is 11.1. The molecule has 5 N–H and O–H groups in total. The van der Waals surface area contributed by atoms with Crippen LogP contribution in [0, 0.1) is 11.8 Å². The average Bonchev–Trinajstić information content (AvgIpc) is 2.78. The molecule has 0 saturated heterocycles. The lowest BCUT2D eigenvalue weighted by Crippen LogP contribution is -2.46. The van der Waals surface area contributed by atoms with Gasteiger partial charge in [-0.05, 0) is 12.3 Å². The summed E-state index contributed by atoms with van der Waals surface area (Å²) in [6.45, 7) is 1.41. The molecule has 0 unspecified atom stereocenters. The van der Waals surface area contributed by atoms with E-state index in [1.54, 1.807) is 0 Å². The van der Waals surface area contributed by atoms with E-state index >= 15 is 0 Å². The zero-order chi connectivity index (χ0) is 24.2. The Bertz CT molecular complexity index is 688. The Balaban J connectivity index is 3.91. The van der Waals surface area contributed by atoms with Gasteiger partial charge in [0, 0.05) is 18.1 Å². The molecule has 0 rings (SSSR count). The smallest absolute Gasteiger partial charge is 0.302 e. The average molecular weight is 469 g/mol. The maximum Gasteiger partial charge on any atom is 0.302 e. The van der Waals surface area contributed by atoms with E-state index in [1.165, 1.54) is 32.1 Å². The predicted molar refractivity (Wildman–Crippen MR) is 126 cm³/mol. The van der Waals surface area contributed by atoms with Crippen LogP contribution in [0.15, 0.2) is 0 Å². The quantitative estimate of drug-likeness (QED) is 0.0970. The molecule has 0 spiro atoms. The summed E-state index contributed by atoms with van der Waals surface area (Å²) in [7, 11) is 0. The van der Waals surface area contributed by atoms with Gasteiger partial charge in [0.15, 0.2) is 0 Å². The molecule has 0 aromatic carbocycles. The Morgan fingerprint density at radius 2 is 1.41 bits per heavy atom. The summed E-state index contributed by atoms with van der Waals surface area (Å²) in [6, 6.07) is -0.833. The SMILES string of the molecule is CCCCCCCCCCCC(=O)NC(=O)C#CC(=O)CNC(=O)CNC(=O)[C@@H](N)CS. The van der Waals surface area contributed by atoms with Crippen molar-refractivity contribution < 1.29 is 24.0 Å². The first-order chi connectivity index (χ1) is 15.3. The van der Waals surface area contributed by atoms with Crippen LogP contribution in [0.4, 0.5) is 0 Å². The number of amides is 4. The standard InChI is InChI=1S/C22H36N4O5S/c1-2-3-4-5-6-7-8-9-10-11-19(28)26-20(29)13-12-17(27)14-24-21(30)15-25-22(31)18(23)16-32/h18,32H,2-11,14-16,23H2,1H3,(H,24,30)(H,25,31)(H,26,28,29)/t18-/m0/s1. The number of nitrogens with one attached hydrogen (secondary N) is 3. The molecule has 0 aliphatic rings. The number of thiol groups is 1. The molecule has 0 aromatic rings. The number of nitrogens with two attached hydrogens (primary N) is 1. The summed E-state index contributed by atoms with van der Waals surface area (Å²) in [6.07, 6.45) is 10.3. The highest BCUT2D eigenvalue weighted by atomic mass is 32.1. The Labute approximate surface area is 195 Å². The minimum absolute atomic E-state index is 0.130. The number of carbonyl (C=O) groups is 5. The van der Waals surface area contributed by atoms with Gasteiger partial charge in [0.05, 0.1) is 19.1 Å². The van der Waals surface area contributed by atoms with Crippen molar-refractivity contribution in [2.24, 2.45) is 5.73 Å². The molecular weight excluding hydrogens is 432 g/mol. The van der Waals surface area contributed by atoms with E-state index in [2.05, 4.69) is 41.4 Å². The third kappa shape index (κ3) is 17.3. The van der Waals surface area contributed by atoms with Gasteiger partial charge in [-0.15, -0.1) is 0 Å². The van der Waals surface area contributed by atoms with E-state index in [-0.39, 0.29) is 18.7 Å². The monoisotopic (exact) mass is 468 g/mol. The highest BCUT2D eigenvalue weighted by Crippen LogP contribution is 2.10. The van der Waals surface area contributed by atoms with Crippen molar-refractivity contribution in [3.05, 3.63) is 0 Å². The Morgan fingerprint density at radius 1 is 0.812 bits per heavy atom. The zero-order valence-corrected chi connectivity index (χ0v) is 19.7. The predicted octanol–water partition coefficient (Wildman–Crippen LogP) is 0.612. The second-order valence-electron chi connectivity index (χ2n) is 7.41. The van der Waals surface area contributed by atoms with Crippen molar-refractivity contribution in [2.45, 2.75) is 77.2 Å². The molecule has 0 aliphatic heterocycles. The van der Waals surface area contributed by atoms with Gasteiger partial charge >= 0.3 is 5.91 Å². The van der Waals surface area contributed by atoms with Crippen LogP contribution in [-0.2, 0) is 24.0 Å². The van der Waals surface area contributed by atoms with E-state index < -0.39 is 42.0 Å². The molecule has 0 radical (unpaired) electrons. The van der Waals surface area contributed by atoms with Crippen LogP contribution in [0.5, 0.6) is 0 Å². The number of imide groups is 1. The third-order valence-electron chi connectivity index (χ3n) is 4.48. The largest absolute Gasteiger partial charge is 0.346 e. The fraction of sp³-hybridized carbons (Fsp3) is 0.682. The number of ketones is 1. The number of unbranched alkanes of at least 4 members (excludes halogenated alkanes) is 8. The van der Waals surface area contributed by atoms with Gasteiger partial charge in [0.2, 0.25) is 23.5 Å². The molecule has 0 saturated carbocycles. The summed E-state index contributed by atoms with van der Waals surface area (Å²) < 4.78 is 0. The van der Waals surface area contributed by atoms with Gasteiger partial charge in [-0.1, -0.05) is 58.3 Å². The number of Topliss-reactive ketones (excluding diaryl/α,β-unsaturated/α-hetero) is 1. The number of carbonyl (C=O) groups excluding carboxylic acids is 5. The van der Waals surface area contributed by atoms with Crippen molar-refractivity contribution in [1.29, 1.82) is 0 Å². The van der Waals surface area contributed by atoms with E-state index in [0.717, 1.165) is 19.3 Å². The van der Waals surface area contributed by atoms with Crippen LogP contribution in [-0.4, -0.2) is 54.3 Å². The zero-order valence-electron chi connectivity index (χ0n) is 18.8.